The predicted octanol–water partition coefficient (Wildman–Crippen LogP) is 2.59. The summed E-state index contributed by atoms with van der Waals surface area (Å²) < 4.78 is 21.6. The van der Waals surface area contributed by atoms with E-state index in [-0.39, 0.29) is 23.5 Å². The molecule has 0 amide bonds. The van der Waals surface area contributed by atoms with Crippen molar-refractivity contribution in [1.29, 1.82) is 0 Å². The predicted molar refractivity (Wildman–Crippen MR) is 101 cm³/mol. The van der Waals surface area contributed by atoms with Gasteiger partial charge in [-0.05, 0) is 24.1 Å². The summed E-state index contributed by atoms with van der Waals surface area (Å²) >= 11 is 0. The summed E-state index contributed by atoms with van der Waals surface area (Å²) in [6.45, 7) is 2.86. The van der Waals surface area contributed by atoms with E-state index in [9.17, 15) is 9.18 Å². The molecule has 4 rings (SSSR count). The maximum atomic E-state index is 13.3. The van der Waals surface area contributed by atoms with Crippen molar-refractivity contribution >= 4 is 16.8 Å². The third-order valence-electron chi connectivity index (χ3n) is 4.54. The molecule has 0 bridgehead atoms. The number of hydrogen-bond acceptors (Lipinski definition) is 6. The van der Waals surface area contributed by atoms with Gasteiger partial charge in [0.2, 0.25) is 0 Å². The fourth-order valence-electron chi connectivity index (χ4n) is 3.14. The highest BCUT2D eigenvalue weighted by atomic mass is 19.1. The van der Waals surface area contributed by atoms with E-state index in [2.05, 4.69) is 27.2 Å². The smallest absolute Gasteiger partial charge is 0.283 e. The molecule has 0 unspecified atom stereocenters. The van der Waals surface area contributed by atoms with Gasteiger partial charge in [0.1, 0.15) is 12.1 Å². The summed E-state index contributed by atoms with van der Waals surface area (Å²) in [5, 5.41) is 12.9. The second-order valence-corrected chi connectivity index (χ2v) is 6.47. The summed E-state index contributed by atoms with van der Waals surface area (Å²) in [4.78, 5) is 17.1. The van der Waals surface area contributed by atoms with Crippen LogP contribution in [0, 0.1) is 5.82 Å². The summed E-state index contributed by atoms with van der Waals surface area (Å²) in [6, 6.07) is 6.03. The van der Waals surface area contributed by atoms with Crippen molar-refractivity contribution in [3.05, 3.63) is 52.5 Å². The van der Waals surface area contributed by atoms with Gasteiger partial charge in [-0.25, -0.2) is 9.37 Å². The lowest BCUT2D eigenvalue weighted by molar-refractivity contribution is 0.181. The standard InChI is InChI=1S/C19H19FN6O2/c1-3-4-9-25-11-21-18-16(19(25)27)22-23-17-15(12-5-7-13(20)8-6-12)14(10-28-2)24-26(17)18/h5-8,11H,3-4,9-10H2,1-2H3. The van der Waals surface area contributed by atoms with E-state index in [0.717, 1.165) is 18.4 Å². The first-order chi connectivity index (χ1) is 13.6. The van der Waals surface area contributed by atoms with Crippen LogP contribution in [0.2, 0.25) is 0 Å². The molecule has 0 saturated carbocycles. The first kappa shape index (κ1) is 18.2. The molecule has 28 heavy (non-hydrogen) atoms. The van der Waals surface area contributed by atoms with Crippen LogP contribution in [0.5, 0.6) is 0 Å². The molecule has 0 saturated heterocycles. The van der Waals surface area contributed by atoms with Gasteiger partial charge in [0.05, 0.1) is 17.9 Å². The Morgan fingerprint density at radius 2 is 1.93 bits per heavy atom. The number of unbranched alkanes of at least 4 members (excludes halogenated alkanes) is 1. The molecule has 3 heterocycles. The second-order valence-electron chi connectivity index (χ2n) is 6.47. The summed E-state index contributed by atoms with van der Waals surface area (Å²) in [6.07, 6.45) is 3.35. The van der Waals surface area contributed by atoms with Crippen LogP contribution in [0.15, 0.2) is 35.4 Å². The molecule has 0 N–H and O–H groups in total. The average Bonchev–Trinajstić information content (AvgIpc) is 3.07. The lowest BCUT2D eigenvalue weighted by atomic mass is 10.1. The zero-order chi connectivity index (χ0) is 19.7. The minimum Gasteiger partial charge on any atom is -0.378 e. The van der Waals surface area contributed by atoms with Crippen LogP contribution in [0.25, 0.3) is 27.9 Å². The Balaban J connectivity index is 1.96. The SMILES string of the molecule is CCCCn1cnc2c(nnc3c(-c4ccc(F)cc4)c(COC)nn32)c1=O. The molecular formula is C19H19FN6O2. The Hall–Kier alpha value is -3.20. The van der Waals surface area contributed by atoms with Crippen LogP contribution in [-0.2, 0) is 17.9 Å². The molecule has 0 spiro atoms. The summed E-state index contributed by atoms with van der Waals surface area (Å²) in [7, 11) is 1.56. The number of methoxy groups -OCH3 is 1. The summed E-state index contributed by atoms with van der Waals surface area (Å²) in [5.74, 6) is -0.334. The van der Waals surface area contributed by atoms with E-state index in [1.54, 1.807) is 19.2 Å². The zero-order valence-corrected chi connectivity index (χ0v) is 15.6. The Kier molecular flexibility index (Phi) is 4.82. The van der Waals surface area contributed by atoms with E-state index in [0.29, 0.717) is 29.1 Å². The third-order valence-corrected chi connectivity index (χ3v) is 4.54. The van der Waals surface area contributed by atoms with Gasteiger partial charge in [-0.3, -0.25) is 9.36 Å². The summed E-state index contributed by atoms with van der Waals surface area (Å²) in [5.41, 5.74) is 2.68. The molecule has 0 aliphatic carbocycles. The average molecular weight is 382 g/mol. The quantitative estimate of drug-likeness (QED) is 0.509. The number of halogens is 1. The van der Waals surface area contributed by atoms with Crippen molar-refractivity contribution in [2.24, 2.45) is 0 Å². The van der Waals surface area contributed by atoms with Crippen LogP contribution >= 0.6 is 0 Å². The van der Waals surface area contributed by atoms with Crippen LogP contribution in [-0.4, -0.2) is 36.5 Å². The monoisotopic (exact) mass is 382 g/mol. The highest BCUT2D eigenvalue weighted by Gasteiger charge is 2.20. The zero-order valence-electron chi connectivity index (χ0n) is 15.6. The number of nitrogens with zero attached hydrogens (tertiary/aromatic N) is 6. The largest absolute Gasteiger partial charge is 0.378 e. The molecule has 3 aromatic heterocycles. The molecule has 8 nitrogen and oxygen atoms in total. The van der Waals surface area contributed by atoms with Crippen LogP contribution < -0.4 is 5.56 Å². The van der Waals surface area contributed by atoms with E-state index >= 15 is 0 Å². The van der Waals surface area contributed by atoms with E-state index in [1.807, 2.05) is 0 Å². The van der Waals surface area contributed by atoms with Gasteiger partial charge < -0.3 is 4.74 Å². The minimum absolute atomic E-state index is 0.156. The molecule has 0 aliphatic rings. The lowest BCUT2D eigenvalue weighted by Gasteiger charge is -2.05. The van der Waals surface area contributed by atoms with Crippen molar-refractivity contribution < 1.29 is 9.13 Å². The van der Waals surface area contributed by atoms with Crippen molar-refractivity contribution in [2.45, 2.75) is 32.9 Å². The highest BCUT2D eigenvalue weighted by Crippen LogP contribution is 2.28. The van der Waals surface area contributed by atoms with Crippen molar-refractivity contribution in [3.8, 4) is 11.1 Å². The molecule has 144 valence electrons. The van der Waals surface area contributed by atoms with Gasteiger partial charge in [0.15, 0.2) is 16.8 Å². The molecule has 4 aromatic rings. The van der Waals surface area contributed by atoms with Gasteiger partial charge in [-0.1, -0.05) is 25.5 Å². The minimum atomic E-state index is -0.334. The maximum Gasteiger partial charge on any atom is 0.283 e. The third kappa shape index (κ3) is 3.03. The normalized spacial score (nSPS) is 11.5. The Bertz CT molecular complexity index is 1200. The molecule has 9 heteroatoms. The first-order valence-electron chi connectivity index (χ1n) is 9.02. The number of aryl methyl sites for hydroxylation is 1. The molecule has 0 fully saturated rings. The number of hydrogen-bond donors (Lipinski definition) is 0. The fraction of sp³-hybridized carbons (Fsp3) is 0.316. The maximum absolute atomic E-state index is 13.3. The van der Waals surface area contributed by atoms with Crippen LogP contribution in [0.4, 0.5) is 4.39 Å². The second kappa shape index (κ2) is 7.43. The van der Waals surface area contributed by atoms with Crippen LogP contribution in [0.3, 0.4) is 0 Å². The van der Waals surface area contributed by atoms with Gasteiger partial charge in [-0.15, -0.1) is 10.2 Å². The number of aromatic nitrogens is 6. The van der Waals surface area contributed by atoms with Crippen molar-refractivity contribution in [2.75, 3.05) is 7.11 Å². The lowest BCUT2D eigenvalue weighted by Crippen LogP contribution is -2.23. The molecule has 0 radical (unpaired) electrons. The van der Waals surface area contributed by atoms with Crippen molar-refractivity contribution in [1.82, 2.24) is 29.4 Å². The molecule has 0 atom stereocenters. The topological polar surface area (TPSA) is 87.2 Å². The Morgan fingerprint density at radius 1 is 1.14 bits per heavy atom. The van der Waals surface area contributed by atoms with Gasteiger partial charge >= 0.3 is 0 Å². The van der Waals surface area contributed by atoms with Gasteiger partial charge in [0.25, 0.3) is 5.56 Å². The molecule has 1 aromatic carbocycles. The fourth-order valence-corrected chi connectivity index (χ4v) is 3.14. The number of benzene rings is 1. The number of rotatable bonds is 6. The van der Waals surface area contributed by atoms with E-state index in [1.165, 1.54) is 27.5 Å². The highest BCUT2D eigenvalue weighted by molar-refractivity contribution is 5.83. The number of ether oxygens (including phenoxy) is 1. The Morgan fingerprint density at radius 3 is 2.64 bits per heavy atom. The number of fused-ring (bicyclic) bond motifs is 3. The van der Waals surface area contributed by atoms with E-state index < -0.39 is 0 Å². The van der Waals surface area contributed by atoms with Gasteiger partial charge in [-0.2, -0.15) is 9.61 Å². The van der Waals surface area contributed by atoms with Crippen molar-refractivity contribution in [3.63, 3.8) is 0 Å². The molecular weight excluding hydrogens is 363 g/mol. The van der Waals surface area contributed by atoms with E-state index in [4.69, 9.17) is 4.74 Å². The first-order valence-corrected chi connectivity index (χ1v) is 9.02. The van der Waals surface area contributed by atoms with Crippen LogP contribution in [0.1, 0.15) is 25.5 Å². The Labute approximate surface area is 159 Å². The van der Waals surface area contributed by atoms with Gasteiger partial charge in [0, 0.05) is 13.7 Å². The molecule has 0 aliphatic heterocycles.